The Morgan fingerprint density at radius 2 is 1.83 bits per heavy atom. The van der Waals surface area contributed by atoms with Crippen molar-refractivity contribution in [2.45, 2.75) is 11.8 Å². The van der Waals surface area contributed by atoms with Crippen molar-refractivity contribution in [3.63, 3.8) is 0 Å². The number of rotatable bonds is 5. The molecule has 2 aromatic carbocycles. The number of pyridine rings is 1. The molecular weight excluding hydrogens is 404 g/mol. The van der Waals surface area contributed by atoms with Crippen molar-refractivity contribution in [1.82, 2.24) is 15.2 Å². The lowest BCUT2D eigenvalue weighted by molar-refractivity contribution is 0.102. The Kier molecular flexibility index (Phi) is 4.96. The fourth-order valence-electron chi connectivity index (χ4n) is 3.08. The monoisotopic (exact) mass is 422 g/mol. The molecule has 8 nitrogen and oxygen atoms in total. The number of carbonyl (C=O) groups excluding carboxylic acids is 1. The topological polar surface area (TPSA) is 125 Å². The molecule has 4 rings (SSSR count). The van der Waals surface area contributed by atoms with E-state index in [0.717, 1.165) is 5.39 Å². The van der Waals surface area contributed by atoms with E-state index in [1.807, 2.05) is 30.3 Å². The molecule has 2 heterocycles. The summed E-state index contributed by atoms with van der Waals surface area (Å²) in [6.07, 6.45) is 0. The summed E-state index contributed by atoms with van der Waals surface area (Å²) in [7, 11) is -3.45. The van der Waals surface area contributed by atoms with Crippen molar-refractivity contribution in [2.75, 3.05) is 11.1 Å². The first-order valence-electron chi connectivity index (χ1n) is 9.20. The number of fused-ring (bicyclic) bond motifs is 1. The minimum atomic E-state index is -3.45. The van der Waals surface area contributed by atoms with Gasteiger partial charge >= 0.3 is 0 Å². The van der Waals surface area contributed by atoms with E-state index in [4.69, 9.17) is 0 Å². The maximum absolute atomic E-state index is 12.7. The quantitative estimate of drug-likeness (QED) is 0.456. The number of H-pyrrole nitrogens is 2. The number of hydrogen-bond donors (Lipinski definition) is 3. The number of aromatic nitrogens is 3. The standard InChI is InChI=1S/C21H18N4O4S/c1-2-30(28,29)15-8-5-7-14(12-15)20(26)23-19-18(21(27)25-24-19)17-11-10-13-6-3-4-9-16(13)22-17/h3-12H,2H2,1H3,(H3,23,24,25,26,27). The second-order valence-electron chi connectivity index (χ2n) is 6.60. The van der Waals surface area contributed by atoms with Gasteiger partial charge in [0.05, 0.1) is 21.9 Å². The average molecular weight is 422 g/mol. The van der Waals surface area contributed by atoms with Crippen LogP contribution in [0.1, 0.15) is 17.3 Å². The van der Waals surface area contributed by atoms with Crippen LogP contribution in [0.3, 0.4) is 0 Å². The zero-order valence-corrected chi connectivity index (χ0v) is 16.8. The zero-order chi connectivity index (χ0) is 21.3. The SMILES string of the molecule is CCS(=O)(=O)c1cccc(C(=O)Nc2[nH][nH]c(=O)c2-c2ccc3ccccc3n2)c1. The lowest BCUT2D eigenvalue weighted by Crippen LogP contribution is -2.15. The number of carbonyl (C=O) groups is 1. The highest BCUT2D eigenvalue weighted by Gasteiger charge is 2.19. The molecule has 0 unspecified atom stereocenters. The molecule has 0 radical (unpaired) electrons. The van der Waals surface area contributed by atoms with Crippen LogP contribution in [-0.2, 0) is 9.84 Å². The van der Waals surface area contributed by atoms with Gasteiger partial charge in [0.2, 0.25) is 0 Å². The molecule has 3 N–H and O–H groups in total. The van der Waals surface area contributed by atoms with Crippen LogP contribution in [0.4, 0.5) is 5.82 Å². The van der Waals surface area contributed by atoms with Gasteiger partial charge in [-0.2, -0.15) is 0 Å². The lowest BCUT2D eigenvalue weighted by atomic mass is 10.1. The summed E-state index contributed by atoms with van der Waals surface area (Å²) in [5.41, 5.74) is 1.02. The van der Waals surface area contributed by atoms with Crippen molar-refractivity contribution in [3.8, 4) is 11.3 Å². The largest absolute Gasteiger partial charge is 0.306 e. The summed E-state index contributed by atoms with van der Waals surface area (Å²) >= 11 is 0. The van der Waals surface area contributed by atoms with E-state index in [9.17, 15) is 18.0 Å². The number of para-hydroxylation sites is 1. The summed E-state index contributed by atoms with van der Waals surface area (Å²) in [6, 6.07) is 16.8. The van der Waals surface area contributed by atoms with Gasteiger partial charge in [0.15, 0.2) is 9.84 Å². The van der Waals surface area contributed by atoms with E-state index in [0.29, 0.717) is 11.2 Å². The third-order valence-corrected chi connectivity index (χ3v) is 6.44. The number of nitrogens with one attached hydrogen (secondary N) is 3. The predicted molar refractivity (Wildman–Crippen MR) is 114 cm³/mol. The first-order valence-corrected chi connectivity index (χ1v) is 10.9. The van der Waals surface area contributed by atoms with Crippen LogP contribution >= 0.6 is 0 Å². The highest BCUT2D eigenvalue weighted by Crippen LogP contribution is 2.24. The van der Waals surface area contributed by atoms with Crippen LogP contribution in [0.15, 0.2) is 70.4 Å². The molecular formula is C21H18N4O4S. The molecule has 0 aliphatic heterocycles. The highest BCUT2D eigenvalue weighted by atomic mass is 32.2. The van der Waals surface area contributed by atoms with E-state index in [2.05, 4.69) is 20.5 Å². The molecule has 9 heteroatoms. The first kappa shape index (κ1) is 19.6. The molecule has 0 bridgehead atoms. The van der Waals surface area contributed by atoms with Gasteiger partial charge in [-0.3, -0.25) is 19.8 Å². The summed E-state index contributed by atoms with van der Waals surface area (Å²) in [6.45, 7) is 1.54. The fourth-order valence-corrected chi connectivity index (χ4v) is 4.01. The molecule has 4 aromatic rings. The highest BCUT2D eigenvalue weighted by molar-refractivity contribution is 7.91. The average Bonchev–Trinajstić information content (AvgIpc) is 3.13. The Morgan fingerprint density at radius 1 is 1.03 bits per heavy atom. The van der Waals surface area contributed by atoms with Gasteiger partial charge in [-0.05, 0) is 30.3 Å². The van der Waals surface area contributed by atoms with Crippen molar-refractivity contribution < 1.29 is 13.2 Å². The van der Waals surface area contributed by atoms with Gasteiger partial charge in [0, 0.05) is 10.9 Å². The summed E-state index contributed by atoms with van der Waals surface area (Å²) in [5.74, 6) is -0.474. The molecule has 0 saturated carbocycles. The predicted octanol–water partition coefficient (Wildman–Crippen LogP) is 2.96. The number of hydrogen-bond acceptors (Lipinski definition) is 5. The molecule has 0 atom stereocenters. The van der Waals surface area contributed by atoms with Gasteiger partial charge in [0.25, 0.3) is 11.5 Å². The Morgan fingerprint density at radius 3 is 2.63 bits per heavy atom. The smallest absolute Gasteiger partial charge is 0.275 e. The molecule has 0 saturated heterocycles. The number of nitrogens with zero attached hydrogens (tertiary/aromatic N) is 1. The van der Waals surface area contributed by atoms with Gasteiger partial charge in [-0.25, -0.2) is 13.4 Å². The van der Waals surface area contributed by atoms with Gasteiger partial charge in [0.1, 0.15) is 11.4 Å². The number of benzene rings is 2. The molecule has 0 aliphatic carbocycles. The number of anilines is 1. The zero-order valence-electron chi connectivity index (χ0n) is 16.0. The second-order valence-corrected chi connectivity index (χ2v) is 8.88. The molecule has 152 valence electrons. The summed E-state index contributed by atoms with van der Waals surface area (Å²) < 4.78 is 24.2. The Bertz CT molecular complexity index is 1420. The number of aromatic amines is 2. The van der Waals surface area contributed by atoms with Crippen molar-refractivity contribution in [1.29, 1.82) is 0 Å². The van der Waals surface area contributed by atoms with E-state index >= 15 is 0 Å². The lowest BCUT2D eigenvalue weighted by Gasteiger charge is -2.08. The van der Waals surface area contributed by atoms with E-state index in [1.54, 1.807) is 6.07 Å². The number of sulfone groups is 1. The molecule has 1 amide bonds. The minimum absolute atomic E-state index is 0.0663. The van der Waals surface area contributed by atoms with E-state index in [1.165, 1.54) is 31.2 Å². The molecule has 2 aromatic heterocycles. The number of amides is 1. The normalized spacial score (nSPS) is 11.5. The Hall–Kier alpha value is -3.72. The van der Waals surface area contributed by atoms with Gasteiger partial charge in [-0.1, -0.05) is 37.3 Å². The van der Waals surface area contributed by atoms with Crippen molar-refractivity contribution in [3.05, 3.63) is 76.6 Å². The second kappa shape index (κ2) is 7.60. The minimum Gasteiger partial charge on any atom is -0.306 e. The van der Waals surface area contributed by atoms with Crippen LogP contribution in [0.5, 0.6) is 0 Å². The first-order chi connectivity index (χ1) is 14.4. The van der Waals surface area contributed by atoms with Crippen molar-refractivity contribution >= 4 is 32.5 Å². The molecule has 0 spiro atoms. The third-order valence-electron chi connectivity index (χ3n) is 4.71. The maximum Gasteiger partial charge on any atom is 0.275 e. The van der Waals surface area contributed by atoms with Gasteiger partial charge in [-0.15, -0.1) is 0 Å². The van der Waals surface area contributed by atoms with Crippen LogP contribution in [0.25, 0.3) is 22.2 Å². The maximum atomic E-state index is 12.7. The van der Waals surface area contributed by atoms with E-state index < -0.39 is 21.3 Å². The molecule has 30 heavy (non-hydrogen) atoms. The Labute approximate surface area is 171 Å². The summed E-state index contributed by atoms with van der Waals surface area (Å²) in [4.78, 5) is 29.7. The van der Waals surface area contributed by atoms with Crippen LogP contribution < -0.4 is 10.9 Å². The third kappa shape index (κ3) is 3.62. The van der Waals surface area contributed by atoms with Crippen molar-refractivity contribution in [2.24, 2.45) is 0 Å². The summed E-state index contributed by atoms with van der Waals surface area (Å²) in [5, 5.41) is 8.66. The van der Waals surface area contributed by atoms with Gasteiger partial charge < -0.3 is 5.32 Å². The Balaban J connectivity index is 1.69. The van der Waals surface area contributed by atoms with Crippen LogP contribution in [-0.4, -0.2) is 35.3 Å². The van der Waals surface area contributed by atoms with E-state index in [-0.39, 0.29) is 27.6 Å². The molecule has 0 fully saturated rings. The fraction of sp³-hybridized carbons (Fsp3) is 0.0952. The van der Waals surface area contributed by atoms with Crippen LogP contribution in [0.2, 0.25) is 0 Å². The van der Waals surface area contributed by atoms with Crippen LogP contribution in [0, 0.1) is 0 Å². The molecule has 0 aliphatic rings.